The number of hydrogen-bond acceptors (Lipinski definition) is 2. The summed E-state index contributed by atoms with van der Waals surface area (Å²) in [6.07, 6.45) is 3.58. The highest BCUT2D eigenvalue weighted by atomic mass is 32.2. The lowest BCUT2D eigenvalue weighted by atomic mass is 10.4. The topological polar surface area (TPSA) is 17.1 Å². The Kier molecular flexibility index (Phi) is 4.79. The first-order valence-corrected chi connectivity index (χ1v) is 5.67. The second-order valence-corrected chi connectivity index (χ2v) is 4.46. The third-order valence-electron chi connectivity index (χ3n) is 0.799. The molecule has 58 valence electrons. The molecule has 10 heavy (non-hydrogen) atoms. The van der Waals surface area contributed by atoms with Crippen molar-refractivity contribution in [3.8, 4) is 0 Å². The molecule has 0 heterocycles. The van der Waals surface area contributed by atoms with Gasteiger partial charge in [0.05, 0.1) is 10.8 Å². The predicted molar refractivity (Wildman–Crippen MR) is 49.5 cm³/mol. The first-order chi connectivity index (χ1) is 4.57. The summed E-state index contributed by atoms with van der Waals surface area (Å²) < 4.78 is 11.7. The van der Waals surface area contributed by atoms with Crippen molar-refractivity contribution in [1.82, 2.24) is 0 Å². The summed E-state index contributed by atoms with van der Waals surface area (Å²) in [4.78, 5) is 0. The Balaban J connectivity index is 4.68. The highest BCUT2D eigenvalue weighted by Crippen LogP contribution is 2.13. The summed E-state index contributed by atoms with van der Waals surface area (Å²) in [7, 11) is -0.876. The Morgan fingerprint density at radius 3 is 2.10 bits per heavy atom. The number of thioether (sulfide) groups is 1. The molecule has 0 N–H and O–H groups in total. The van der Waals surface area contributed by atoms with E-state index in [2.05, 4.69) is 5.73 Å². The zero-order chi connectivity index (χ0) is 8.15. The van der Waals surface area contributed by atoms with Crippen molar-refractivity contribution < 1.29 is 4.21 Å². The Morgan fingerprint density at radius 1 is 1.50 bits per heavy atom. The van der Waals surface area contributed by atoms with Gasteiger partial charge >= 0.3 is 0 Å². The van der Waals surface area contributed by atoms with Crippen molar-refractivity contribution in [3.05, 3.63) is 15.5 Å². The van der Waals surface area contributed by atoms with Crippen LogP contribution in [0.4, 0.5) is 0 Å². The molecule has 0 amide bonds. The number of allylic oxidation sites excluding steroid dienone is 1. The van der Waals surface area contributed by atoms with Crippen molar-refractivity contribution in [2.75, 3.05) is 12.5 Å². The van der Waals surface area contributed by atoms with E-state index >= 15 is 0 Å². The average Bonchev–Trinajstić information content (AvgIpc) is 1.81. The van der Waals surface area contributed by atoms with Crippen molar-refractivity contribution >= 4 is 22.6 Å². The van der Waals surface area contributed by atoms with Gasteiger partial charge in [-0.25, -0.2) is 0 Å². The van der Waals surface area contributed by atoms with E-state index in [0.29, 0.717) is 0 Å². The van der Waals surface area contributed by atoms with E-state index in [0.717, 1.165) is 9.81 Å². The van der Waals surface area contributed by atoms with Crippen molar-refractivity contribution in [2.24, 2.45) is 0 Å². The lowest BCUT2D eigenvalue weighted by molar-refractivity contribution is 0.691. The van der Waals surface area contributed by atoms with Crippen LogP contribution >= 0.6 is 11.8 Å². The van der Waals surface area contributed by atoms with E-state index in [1.807, 2.05) is 20.1 Å². The van der Waals surface area contributed by atoms with Gasteiger partial charge in [0.25, 0.3) is 0 Å². The van der Waals surface area contributed by atoms with Gasteiger partial charge in [0, 0.05) is 6.26 Å². The van der Waals surface area contributed by atoms with Crippen LogP contribution in [0.1, 0.15) is 13.8 Å². The lowest BCUT2D eigenvalue weighted by Gasteiger charge is -1.92. The summed E-state index contributed by atoms with van der Waals surface area (Å²) in [6, 6.07) is 0. The highest BCUT2D eigenvalue weighted by Gasteiger charge is 1.96. The summed E-state index contributed by atoms with van der Waals surface area (Å²) in [5, 5.41) is 0. The second kappa shape index (κ2) is 4.78. The van der Waals surface area contributed by atoms with Gasteiger partial charge in [0.15, 0.2) is 0 Å². The molecule has 0 aliphatic carbocycles. The molecule has 3 heteroatoms. The Labute approximate surface area is 69.0 Å². The van der Waals surface area contributed by atoms with Crippen molar-refractivity contribution in [1.29, 1.82) is 0 Å². The third kappa shape index (κ3) is 3.94. The molecule has 0 aliphatic heterocycles. The smallest absolute Gasteiger partial charge is 0.113 e. The van der Waals surface area contributed by atoms with Crippen LogP contribution in [0.5, 0.6) is 0 Å². The molecule has 1 nitrogen and oxygen atoms in total. The van der Waals surface area contributed by atoms with Crippen LogP contribution in [0.15, 0.2) is 15.5 Å². The molecule has 0 bridgehead atoms. The third-order valence-corrected chi connectivity index (χ3v) is 3.10. The van der Waals surface area contributed by atoms with Gasteiger partial charge in [-0.3, -0.25) is 4.21 Å². The minimum absolute atomic E-state index is 0.819. The molecule has 0 aromatic carbocycles. The SMILES string of the molecule is CSC(=C=C(C)C)S(C)=O. The molecular weight excluding hydrogens is 164 g/mol. The van der Waals surface area contributed by atoms with Crippen molar-refractivity contribution in [3.63, 3.8) is 0 Å². The predicted octanol–water partition coefficient (Wildman–Crippen LogP) is 2.13. The molecule has 0 fully saturated rings. The van der Waals surface area contributed by atoms with E-state index in [1.54, 1.807) is 6.26 Å². The Hall–Kier alpha value is 0.0200. The van der Waals surface area contributed by atoms with Crippen LogP contribution in [0.25, 0.3) is 0 Å². The minimum Gasteiger partial charge on any atom is -0.253 e. The zero-order valence-electron chi connectivity index (χ0n) is 6.72. The fourth-order valence-corrected chi connectivity index (χ4v) is 2.04. The molecule has 0 aromatic heterocycles. The van der Waals surface area contributed by atoms with Crippen LogP contribution in [0.3, 0.4) is 0 Å². The van der Waals surface area contributed by atoms with E-state index in [1.165, 1.54) is 11.8 Å². The van der Waals surface area contributed by atoms with Gasteiger partial charge in [-0.15, -0.1) is 11.8 Å². The maximum absolute atomic E-state index is 10.9. The van der Waals surface area contributed by atoms with Crippen LogP contribution in [-0.4, -0.2) is 16.7 Å². The molecule has 0 aliphatic rings. The van der Waals surface area contributed by atoms with Crippen LogP contribution < -0.4 is 0 Å². The van der Waals surface area contributed by atoms with Crippen LogP contribution in [0, 0.1) is 0 Å². The molecule has 0 saturated heterocycles. The van der Waals surface area contributed by atoms with Gasteiger partial charge in [-0.2, -0.15) is 0 Å². The summed E-state index contributed by atoms with van der Waals surface area (Å²) in [5.41, 5.74) is 4.09. The first kappa shape index (κ1) is 10.0. The Bertz CT molecular complexity index is 196. The fourth-order valence-electron chi connectivity index (χ4n) is 0.444. The van der Waals surface area contributed by atoms with E-state index < -0.39 is 10.8 Å². The number of rotatable bonds is 2. The molecule has 0 saturated carbocycles. The van der Waals surface area contributed by atoms with Gasteiger partial charge in [0.1, 0.15) is 4.24 Å². The maximum Gasteiger partial charge on any atom is 0.113 e. The fraction of sp³-hybridized carbons (Fsp3) is 0.571. The Morgan fingerprint density at radius 2 is 2.00 bits per heavy atom. The quantitative estimate of drug-likeness (QED) is 0.600. The standard InChI is InChI=1S/C7H12OS2/c1-6(2)5-7(9-3)10(4)8/h1-4H3. The second-order valence-electron chi connectivity index (χ2n) is 2.07. The maximum atomic E-state index is 10.9. The first-order valence-electron chi connectivity index (χ1n) is 2.89. The summed E-state index contributed by atoms with van der Waals surface area (Å²) >= 11 is 1.49. The molecule has 0 spiro atoms. The van der Waals surface area contributed by atoms with Gasteiger partial charge in [-0.1, -0.05) is 5.73 Å². The van der Waals surface area contributed by atoms with Crippen LogP contribution in [0.2, 0.25) is 0 Å². The van der Waals surface area contributed by atoms with Crippen molar-refractivity contribution in [2.45, 2.75) is 13.8 Å². The number of hydrogen-bond donors (Lipinski definition) is 0. The molecule has 0 aromatic rings. The van der Waals surface area contributed by atoms with E-state index in [9.17, 15) is 4.21 Å². The van der Waals surface area contributed by atoms with Crippen LogP contribution in [-0.2, 0) is 10.8 Å². The monoisotopic (exact) mass is 176 g/mol. The van der Waals surface area contributed by atoms with E-state index in [-0.39, 0.29) is 0 Å². The van der Waals surface area contributed by atoms with Gasteiger partial charge in [0.2, 0.25) is 0 Å². The highest BCUT2D eigenvalue weighted by molar-refractivity contribution is 8.15. The molecule has 1 atom stereocenters. The van der Waals surface area contributed by atoms with Gasteiger partial charge < -0.3 is 0 Å². The lowest BCUT2D eigenvalue weighted by Crippen LogP contribution is -1.84. The van der Waals surface area contributed by atoms with Gasteiger partial charge in [-0.05, 0) is 25.7 Å². The molecule has 0 radical (unpaired) electrons. The molecular formula is C7H12OS2. The summed E-state index contributed by atoms with van der Waals surface area (Å²) in [6.45, 7) is 3.90. The van der Waals surface area contributed by atoms with E-state index in [4.69, 9.17) is 0 Å². The molecule has 0 rings (SSSR count). The average molecular weight is 176 g/mol. The largest absolute Gasteiger partial charge is 0.253 e. The zero-order valence-corrected chi connectivity index (χ0v) is 8.36. The summed E-state index contributed by atoms with van der Waals surface area (Å²) in [5.74, 6) is 0. The molecule has 1 unspecified atom stereocenters. The minimum atomic E-state index is -0.876. The normalized spacial score (nSPS) is 12.0.